The van der Waals surface area contributed by atoms with Crippen molar-refractivity contribution in [2.45, 2.75) is 26.2 Å². The van der Waals surface area contributed by atoms with Crippen LogP contribution in [-0.2, 0) is 4.79 Å². The van der Waals surface area contributed by atoms with Gasteiger partial charge in [0.25, 0.3) is 0 Å². The van der Waals surface area contributed by atoms with Crippen LogP contribution in [-0.4, -0.2) is 17.0 Å². The van der Waals surface area contributed by atoms with Crippen molar-refractivity contribution in [2.24, 2.45) is 0 Å². The standard InChI is InChI=1S/C13H15ClN2O3S/c1-2-3-4-11(17)16-13(20)15-10-7-8(12(18)19)5-6-9(10)14/h5-7H,2-4H2,1H3,(H,18,19)(H2,15,16,17,20)/p-1. The quantitative estimate of drug-likeness (QED) is 0.809. The van der Waals surface area contributed by atoms with Crippen LogP contribution in [0.1, 0.15) is 36.5 Å². The van der Waals surface area contributed by atoms with Crippen molar-refractivity contribution in [3.8, 4) is 0 Å². The molecule has 0 bridgehead atoms. The largest absolute Gasteiger partial charge is 0.545 e. The van der Waals surface area contributed by atoms with Gasteiger partial charge in [0, 0.05) is 6.42 Å². The van der Waals surface area contributed by atoms with E-state index < -0.39 is 5.97 Å². The lowest BCUT2D eigenvalue weighted by Gasteiger charge is -2.12. The number of hydrogen-bond acceptors (Lipinski definition) is 4. The van der Waals surface area contributed by atoms with E-state index in [1.54, 1.807) is 0 Å². The van der Waals surface area contributed by atoms with Crippen LogP contribution in [0.5, 0.6) is 0 Å². The van der Waals surface area contributed by atoms with Crippen LogP contribution in [0.2, 0.25) is 5.02 Å². The number of benzene rings is 1. The Morgan fingerprint density at radius 3 is 2.70 bits per heavy atom. The fourth-order valence-corrected chi connectivity index (χ4v) is 1.82. The van der Waals surface area contributed by atoms with Crippen LogP contribution < -0.4 is 15.7 Å². The van der Waals surface area contributed by atoms with Crippen molar-refractivity contribution in [3.63, 3.8) is 0 Å². The Morgan fingerprint density at radius 1 is 1.40 bits per heavy atom. The van der Waals surface area contributed by atoms with E-state index >= 15 is 0 Å². The minimum Gasteiger partial charge on any atom is -0.545 e. The average Bonchev–Trinajstić information content (AvgIpc) is 2.38. The first kappa shape index (κ1) is 16.4. The van der Waals surface area contributed by atoms with Crippen molar-refractivity contribution in [1.82, 2.24) is 5.32 Å². The smallest absolute Gasteiger partial charge is 0.226 e. The van der Waals surface area contributed by atoms with Crippen molar-refractivity contribution in [2.75, 3.05) is 5.32 Å². The van der Waals surface area contributed by atoms with Gasteiger partial charge in [0.15, 0.2) is 5.11 Å². The van der Waals surface area contributed by atoms with Crippen molar-refractivity contribution < 1.29 is 14.7 Å². The number of hydrogen-bond donors (Lipinski definition) is 2. The number of aromatic carboxylic acids is 1. The molecule has 1 amide bonds. The number of carbonyl (C=O) groups excluding carboxylic acids is 2. The zero-order chi connectivity index (χ0) is 15.1. The Kier molecular flexibility index (Phi) is 6.41. The fourth-order valence-electron chi connectivity index (χ4n) is 1.43. The molecule has 1 aromatic rings. The van der Waals surface area contributed by atoms with Gasteiger partial charge in [-0.3, -0.25) is 4.79 Å². The van der Waals surface area contributed by atoms with E-state index in [2.05, 4.69) is 10.6 Å². The lowest BCUT2D eigenvalue weighted by molar-refractivity contribution is -0.255. The summed E-state index contributed by atoms with van der Waals surface area (Å²) in [5, 5.41) is 16.3. The average molecular weight is 314 g/mol. The van der Waals surface area contributed by atoms with Gasteiger partial charge >= 0.3 is 0 Å². The normalized spacial score (nSPS) is 9.90. The van der Waals surface area contributed by atoms with Crippen LogP contribution in [0, 0.1) is 0 Å². The second-order valence-electron chi connectivity index (χ2n) is 4.09. The van der Waals surface area contributed by atoms with Crippen LogP contribution in [0.3, 0.4) is 0 Å². The summed E-state index contributed by atoms with van der Waals surface area (Å²) < 4.78 is 0. The Bertz CT molecular complexity index is 534. The molecule has 0 saturated heterocycles. The molecule has 0 fully saturated rings. The van der Waals surface area contributed by atoms with Gasteiger partial charge in [-0.1, -0.05) is 31.0 Å². The molecule has 5 nitrogen and oxygen atoms in total. The highest BCUT2D eigenvalue weighted by Crippen LogP contribution is 2.22. The summed E-state index contributed by atoms with van der Waals surface area (Å²) in [6.07, 6.45) is 2.06. The summed E-state index contributed by atoms with van der Waals surface area (Å²) in [5.41, 5.74) is 0.270. The van der Waals surface area contributed by atoms with E-state index in [-0.39, 0.29) is 16.6 Å². The minimum absolute atomic E-state index is 0.0305. The van der Waals surface area contributed by atoms with E-state index in [9.17, 15) is 14.7 Å². The third-order valence-electron chi connectivity index (χ3n) is 2.46. The Labute approximate surface area is 127 Å². The highest BCUT2D eigenvalue weighted by molar-refractivity contribution is 7.80. The number of thiocarbonyl (C=S) groups is 1. The van der Waals surface area contributed by atoms with E-state index in [0.29, 0.717) is 17.1 Å². The van der Waals surface area contributed by atoms with E-state index in [1.807, 2.05) is 6.92 Å². The number of carboxylic acid groups (broad SMARTS) is 1. The van der Waals surface area contributed by atoms with Crippen LogP contribution in [0.15, 0.2) is 18.2 Å². The second-order valence-corrected chi connectivity index (χ2v) is 4.90. The van der Waals surface area contributed by atoms with Crippen molar-refractivity contribution in [1.29, 1.82) is 0 Å². The van der Waals surface area contributed by atoms with E-state index in [0.717, 1.165) is 12.8 Å². The first-order chi connectivity index (χ1) is 9.43. The van der Waals surface area contributed by atoms with Gasteiger partial charge in [-0.05, 0) is 36.3 Å². The number of halogens is 1. The minimum atomic E-state index is -1.32. The predicted molar refractivity (Wildman–Crippen MR) is 79.7 cm³/mol. The number of carbonyl (C=O) groups is 2. The molecule has 0 aliphatic heterocycles. The molecular weight excluding hydrogens is 300 g/mol. The molecule has 0 aliphatic rings. The third-order valence-corrected chi connectivity index (χ3v) is 2.99. The van der Waals surface area contributed by atoms with Gasteiger partial charge in [0.05, 0.1) is 16.7 Å². The topological polar surface area (TPSA) is 81.3 Å². The zero-order valence-electron chi connectivity index (χ0n) is 10.9. The maximum atomic E-state index is 11.5. The lowest BCUT2D eigenvalue weighted by atomic mass is 10.2. The summed E-state index contributed by atoms with van der Waals surface area (Å²) >= 11 is 10.9. The predicted octanol–water partition coefficient (Wildman–Crippen LogP) is 1.71. The molecule has 0 heterocycles. The summed E-state index contributed by atoms with van der Waals surface area (Å²) in [6, 6.07) is 4.03. The Balaban J connectivity index is 2.68. The van der Waals surface area contributed by atoms with Gasteiger partial charge in [-0.25, -0.2) is 0 Å². The highest BCUT2D eigenvalue weighted by atomic mass is 35.5. The molecular formula is C13H14ClN2O3S-. The number of unbranched alkanes of at least 4 members (excludes halogenated alkanes) is 1. The lowest BCUT2D eigenvalue weighted by Crippen LogP contribution is -2.34. The fraction of sp³-hybridized carbons (Fsp3) is 0.308. The van der Waals surface area contributed by atoms with Crippen LogP contribution >= 0.6 is 23.8 Å². The molecule has 0 aliphatic carbocycles. The summed E-state index contributed by atoms with van der Waals surface area (Å²) in [4.78, 5) is 22.2. The van der Waals surface area contributed by atoms with Gasteiger partial charge in [0.1, 0.15) is 0 Å². The van der Waals surface area contributed by atoms with Crippen molar-refractivity contribution in [3.05, 3.63) is 28.8 Å². The molecule has 1 aromatic carbocycles. The van der Waals surface area contributed by atoms with Gasteiger partial charge in [-0.15, -0.1) is 0 Å². The van der Waals surface area contributed by atoms with E-state index in [1.165, 1.54) is 18.2 Å². The first-order valence-electron chi connectivity index (χ1n) is 6.05. The number of anilines is 1. The summed E-state index contributed by atoms with van der Waals surface area (Å²) in [5.74, 6) is -1.51. The highest BCUT2D eigenvalue weighted by Gasteiger charge is 2.07. The van der Waals surface area contributed by atoms with Gasteiger partial charge < -0.3 is 20.5 Å². The number of carboxylic acids is 1. The maximum Gasteiger partial charge on any atom is 0.226 e. The molecule has 7 heteroatoms. The molecule has 108 valence electrons. The molecule has 0 radical (unpaired) electrons. The Hall–Kier alpha value is -1.66. The monoisotopic (exact) mass is 313 g/mol. The zero-order valence-corrected chi connectivity index (χ0v) is 12.4. The molecule has 0 saturated carbocycles. The SMILES string of the molecule is CCCCC(=O)NC(=S)Nc1cc(C(=O)[O-])ccc1Cl. The Morgan fingerprint density at radius 2 is 2.10 bits per heavy atom. The van der Waals surface area contributed by atoms with Gasteiger partial charge in [0.2, 0.25) is 5.91 Å². The molecule has 0 atom stereocenters. The summed E-state index contributed by atoms with van der Waals surface area (Å²) in [7, 11) is 0. The van der Waals surface area contributed by atoms with Crippen LogP contribution in [0.4, 0.5) is 5.69 Å². The molecule has 20 heavy (non-hydrogen) atoms. The van der Waals surface area contributed by atoms with E-state index in [4.69, 9.17) is 23.8 Å². The number of rotatable bonds is 5. The second kappa shape index (κ2) is 7.81. The molecule has 0 aromatic heterocycles. The number of amides is 1. The molecule has 1 rings (SSSR count). The molecule has 0 unspecified atom stereocenters. The number of nitrogens with one attached hydrogen (secondary N) is 2. The summed E-state index contributed by atoms with van der Waals surface area (Å²) in [6.45, 7) is 1.98. The first-order valence-corrected chi connectivity index (χ1v) is 6.84. The van der Waals surface area contributed by atoms with Gasteiger partial charge in [-0.2, -0.15) is 0 Å². The third kappa shape index (κ3) is 5.14. The molecule has 0 spiro atoms. The maximum absolute atomic E-state index is 11.5. The molecule has 2 N–H and O–H groups in total. The van der Waals surface area contributed by atoms with Crippen molar-refractivity contribution >= 4 is 46.5 Å². The van der Waals surface area contributed by atoms with Crippen LogP contribution in [0.25, 0.3) is 0 Å².